The first-order valence-corrected chi connectivity index (χ1v) is 41.6. The SMILES string of the molecule is c1ccc(-c2nc(-c3ccc(-c4cccc5c4sc4ccccc45)cc3)cc3ncccc23)cc1.c1ccc(-c2nc3ccc(-c4ccc(-c5cccc6c5sc5ccccc56)cc4)cc3nc2-c2ccccc2)cc1.c1ccc(-c2nc3ccccc3nc2-c2ccc(-c3cccc4c3sc3cccc(-c5ccccc5)c34)cc2)cc1. The number of para-hydroxylation sites is 2. The van der Waals surface area contributed by atoms with Crippen molar-refractivity contribution >= 4 is 127 Å². The number of nitrogens with zero attached hydrogens (tertiary/aromatic N) is 6. The van der Waals surface area contributed by atoms with Crippen LogP contribution in [-0.4, -0.2) is 29.9 Å². The van der Waals surface area contributed by atoms with E-state index in [1.165, 1.54) is 105 Å². The lowest BCUT2D eigenvalue weighted by molar-refractivity contribution is 1.29. The summed E-state index contributed by atoms with van der Waals surface area (Å²) in [6.07, 6.45) is 1.84. The van der Waals surface area contributed by atoms with Crippen molar-refractivity contribution < 1.29 is 0 Å². The number of rotatable bonds is 11. The van der Waals surface area contributed by atoms with Crippen molar-refractivity contribution in [3.8, 4) is 123 Å². The van der Waals surface area contributed by atoms with Crippen LogP contribution in [0.4, 0.5) is 0 Å². The van der Waals surface area contributed by atoms with Gasteiger partial charge in [-0.15, -0.1) is 34.0 Å². The predicted molar refractivity (Wildman–Crippen MR) is 497 cm³/mol. The lowest BCUT2D eigenvalue weighted by atomic mass is 9.96. The first kappa shape index (κ1) is 70.3. The lowest BCUT2D eigenvalue weighted by Gasteiger charge is -2.12. The van der Waals surface area contributed by atoms with E-state index in [4.69, 9.17) is 24.9 Å². The van der Waals surface area contributed by atoms with Crippen LogP contribution in [0.5, 0.6) is 0 Å². The van der Waals surface area contributed by atoms with Crippen LogP contribution < -0.4 is 0 Å². The van der Waals surface area contributed by atoms with Crippen molar-refractivity contribution in [2.75, 3.05) is 0 Å². The van der Waals surface area contributed by atoms with E-state index in [0.717, 1.165) is 112 Å². The van der Waals surface area contributed by atoms with Gasteiger partial charge in [0, 0.05) is 105 Å². The van der Waals surface area contributed by atoms with Crippen LogP contribution in [0.25, 0.3) is 217 Å². The van der Waals surface area contributed by atoms with E-state index in [9.17, 15) is 0 Å². The molecule has 0 amide bonds. The quantitative estimate of drug-likeness (QED) is 0.128. The lowest BCUT2D eigenvalue weighted by Crippen LogP contribution is -1.95. The zero-order valence-corrected chi connectivity index (χ0v) is 65.6. The number of pyridine rings is 2. The molecule has 9 heteroatoms. The Hall–Kier alpha value is -14.6. The van der Waals surface area contributed by atoms with E-state index >= 15 is 0 Å². The fourth-order valence-electron chi connectivity index (χ4n) is 16.2. The fraction of sp³-hybridized carbons (Fsp3) is 0. The molecule has 0 N–H and O–H groups in total. The summed E-state index contributed by atoms with van der Waals surface area (Å²) in [4.78, 5) is 30.1. The molecule has 0 saturated carbocycles. The van der Waals surface area contributed by atoms with Crippen molar-refractivity contribution in [1.29, 1.82) is 0 Å². The number of hydrogen-bond acceptors (Lipinski definition) is 9. The van der Waals surface area contributed by atoms with E-state index in [2.05, 4.69) is 320 Å². The standard InChI is InChI=1S/2C38H24N2S.C32H20N2S/c1-3-11-25(12-4-1)29-15-10-20-34-35(29)31-17-9-16-30(38(31)41-34)26-21-23-28(24-22-26)37-36(27-13-5-2-6-14-27)39-32-18-7-8-19-33(32)40-37;1-3-10-27(11-4-1)36-37(28-12-5-2-6-13-28)40-34-24-29(22-23-33(34)39-36)25-18-20-26(21-19-25)30-15-9-16-32-31-14-7-8-17-35(31)41-38(30)32;1-2-8-23(9-3-1)31-27-13-7-19-33-29(27)20-28(34-31)22-17-15-21(16-18-22)24-11-6-12-26-25-10-4-5-14-30(25)35-32(24)26/h2*1-24H;1-20H. The van der Waals surface area contributed by atoms with Gasteiger partial charge in [-0.05, 0) is 116 Å². The van der Waals surface area contributed by atoms with Gasteiger partial charge in [0.2, 0.25) is 0 Å². The molecule has 0 saturated heterocycles. The van der Waals surface area contributed by atoms with Gasteiger partial charge in [0.05, 0.1) is 61.7 Å². The topological polar surface area (TPSA) is 77.3 Å². The van der Waals surface area contributed by atoms with Gasteiger partial charge in [0.1, 0.15) is 0 Å². The molecule has 0 aliphatic heterocycles. The zero-order chi connectivity index (χ0) is 77.5. The number of aromatic nitrogens is 6. The van der Waals surface area contributed by atoms with Crippen molar-refractivity contribution in [1.82, 2.24) is 29.9 Å². The second-order valence-corrected chi connectivity index (χ2v) is 32.2. The van der Waals surface area contributed by atoms with E-state index in [1.54, 1.807) is 0 Å². The maximum atomic E-state index is 5.17. The highest BCUT2D eigenvalue weighted by molar-refractivity contribution is 7.27. The maximum Gasteiger partial charge on any atom is 0.0973 e. The summed E-state index contributed by atoms with van der Waals surface area (Å²) in [5.74, 6) is 0. The Bertz CT molecular complexity index is 7640. The fourth-order valence-corrected chi connectivity index (χ4v) is 20.0. The van der Waals surface area contributed by atoms with Crippen LogP contribution in [0.15, 0.2) is 413 Å². The van der Waals surface area contributed by atoms with Crippen molar-refractivity contribution in [3.63, 3.8) is 0 Å². The molecule has 23 rings (SSSR count). The highest BCUT2D eigenvalue weighted by Crippen LogP contribution is 2.47. The third-order valence-corrected chi connectivity index (χ3v) is 25.6. The van der Waals surface area contributed by atoms with Gasteiger partial charge in [0.15, 0.2) is 0 Å². The molecule has 0 bridgehead atoms. The normalized spacial score (nSPS) is 11.4. The Morgan fingerprint density at radius 2 is 0.504 bits per heavy atom. The monoisotopic (exact) mass is 1540 g/mol. The van der Waals surface area contributed by atoms with E-state index < -0.39 is 0 Å². The second-order valence-electron chi connectivity index (χ2n) is 29.0. The summed E-state index contributed by atoms with van der Waals surface area (Å²) < 4.78 is 7.95. The number of fused-ring (bicyclic) bond motifs is 12. The molecule has 16 aromatic carbocycles. The summed E-state index contributed by atoms with van der Waals surface area (Å²) in [5, 5.41) is 9.00. The minimum absolute atomic E-state index is 0.889. The molecule has 0 spiro atoms. The Labute approximate surface area is 688 Å². The van der Waals surface area contributed by atoms with Gasteiger partial charge >= 0.3 is 0 Å². The van der Waals surface area contributed by atoms with Crippen LogP contribution >= 0.6 is 34.0 Å². The van der Waals surface area contributed by atoms with Crippen LogP contribution in [0.1, 0.15) is 0 Å². The van der Waals surface area contributed by atoms with Crippen LogP contribution in [0.2, 0.25) is 0 Å². The molecule has 117 heavy (non-hydrogen) atoms. The summed E-state index contributed by atoms with van der Waals surface area (Å²) in [6, 6.07) is 143. The summed E-state index contributed by atoms with van der Waals surface area (Å²) >= 11 is 5.60. The van der Waals surface area contributed by atoms with Gasteiger partial charge in [-0.25, -0.2) is 24.9 Å². The molecule has 548 valence electrons. The van der Waals surface area contributed by atoms with E-state index in [-0.39, 0.29) is 0 Å². The molecule has 7 aromatic heterocycles. The highest BCUT2D eigenvalue weighted by Gasteiger charge is 2.21. The minimum Gasteiger partial charge on any atom is -0.256 e. The molecule has 0 radical (unpaired) electrons. The molecule has 0 aliphatic rings. The van der Waals surface area contributed by atoms with Gasteiger partial charge in [-0.3, -0.25) is 4.98 Å². The Balaban J connectivity index is 0.000000110. The Morgan fingerprint density at radius 3 is 1.02 bits per heavy atom. The molecule has 0 unspecified atom stereocenters. The van der Waals surface area contributed by atoms with Crippen LogP contribution in [0, 0.1) is 0 Å². The molecule has 7 heterocycles. The average Bonchev–Trinajstić information content (AvgIpc) is 1.71. The van der Waals surface area contributed by atoms with E-state index in [1.807, 2.05) is 131 Å². The Kier molecular flexibility index (Phi) is 18.5. The number of thiophene rings is 3. The van der Waals surface area contributed by atoms with Crippen LogP contribution in [0.3, 0.4) is 0 Å². The molecule has 0 aliphatic carbocycles. The molecular weight excluding hydrogens is 1480 g/mol. The first-order valence-electron chi connectivity index (χ1n) is 39.2. The van der Waals surface area contributed by atoms with Gasteiger partial charge < -0.3 is 0 Å². The predicted octanol–water partition coefficient (Wildman–Crippen LogP) is 30.3. The first-order chi connectivity index (χ1) is 58.0. The summed E-state index contributed by atoms with van der Waals surface area (Å²) in [5.41, 5.74) is 28.7. The number of hydrogen-bond donors (Lipinski definition) is 0. The van der Waals surface area contributed by atoms with Crippen molar-refractivity contribution in [2.45, 2.75) is 0 Å². The highest BCUT2D eigenvalue weighted by atomic mass is 32.1. The molecule has 0 atom stereocenters. The van der Waals surface area contributed by atoms with Gasteiger partial charge in [-0.1, -0.05) is 346 Å². The van der Waals surface area contributed by atoms with Crippen molar-refractivity contribution in [2.24, 2.45) is 0 Å². The Morgan fingerprint density at radius 1 is 0.171 bits per heavy atom. The molecule has 0 fully saturated rings. The maximum absolute atomic E-state index is 5.17. The second kappa shape index (κ2) is 30.7. The number of benzene rings is 16. The van der Waals surface area contributed by atoms with E-state index in [0.29, 0.717) is 0 Å². The van der Waals surface area contributed by atoms with Gasteiger partial charge in [0.25, 0.3) is 0 Å². The third kappa shape index (κ3) is 13.5. The zero-order valence-electron chi connectivity index (χ0n) is 63.2. The van der Waals surface area contributed by atoms with Crippen molar-refractivity contribution in [3.05, 3.63) is 413 Å². The molecule has 23 aromatic rings. The summed E-state index contributed by atoms with van der Waals surface area (Å²) in [7, 11) is 0. The largest absolute Gasteiger partial charge is 0.256 e. The van der Waals surface area contributed by atoms with Crippen LogP contribution in [-0.2, 0) is 0 Å². The molecule has 6 nitrogen and oxygen atoms in total. The average molecular weight is 1550 g/mol. The molecular formula is C108H68N6S3. The smallest absolute Gasteiger partial charge is 0.0973 e. The third-order valence-electron chi connectivity index (χ3n) is 21.9. The van der Waals surface area contributed by atoms with Gasteiger partial charge in [-0.2, -0.15) is 0 Å². The summed E-state index contributed by atoms with van der Waals surface area (Å²) in [6.45, 7) is 0. The minimum atomic E-state index is 0.889.